The van der Waals surface area contributed by atoms with E-state index in [1.165, 1.54) is 17.0 Å². The lowest BCUT2D eigenvalue weighted by Gasteiger charge is -2.30. The molecule has 2 N–H and O–H groups in total. The average molecular weight is 387 g/mol. The van der Waals surface area contributed by atoms with Gasteiger partial charge in [0.1, 0.15) is 5.82 Å². The number of benzene rings is 1. The summed E-state index contributed by atoms with van der Waals surface area (Å²) in [5.41, 5.74) is 5.00. The van der Waals surface area contributed by atoms with E-state index < -0.39 is 18.4 Å². The summed E-state index contributed by atoms with van der Waals surface area (Å²) in [5, 5.41) is 0. The van der Waals surface area contributed by atoms with E-state index in [1.807, 2.05) is 0 Å². The van der Waals surface area contributed by atoms with Crippen LogP contribution >= 0.6 is 15.9 Å². The lowest BCUT2D eigenvalue weighted by Crippen LogP contribution is -2.43. The number of rotatable bonds is 4. The summed E-state index contributed by atoms with van der Waals surface area (Å²) in [6, 6.07) is 3.94. The summed E-state index contributed by atoms with van der Waals surface area (Å²) in [6.45, 7) is 0.308. The molecule has 8 heteroatoms. The van der Waals surface area contributed by atoms with E-state index >= 15 is 0 Å². The summed E-state index contributed by atoms with van der Waals surface area (Å²) in [5.74, 6) is -2.58. The van der Waals surface area contributed by atoms with Gasteiger partial charge >= 0.3 is 5.97 Å². The van der Waals surface area contributed by atoms with Crippen LogP contribution in [0.1, 0.15) is 23.2 Å². The average Bonchev–Trinajstić information content (AvgIpc) is 2.52. The Morgan fingerprint density at radius 3 is 2.52 bits per heavy atom. The Morgan fingerprint density at radius 2 is 1.96 bits per heavy atom. The lowest BCUT2D eigenvalue weighted by molar-refractivity contribution is -0.137. The second-order valence-electron chi connectivity index (χ2n) is 5.26. The number of likely N-dealkylation sites (tertiary alicyclic amines) is 1. The Bertz CT molecular complexity index is 630. The van der Waals surface area contributed by atoms with Gasteiger partial charge < -0.3 is 15.4 Å². The Balaban J connectivity index is 1.85. The molecule has 0 bridgehead atoms. The number of esters is 1. The monoisotopic (exact) mass is 386 g/mol. The fourth-order valence-corrected chi connectivity index (χ4v) is 2.70. The van der Waals surface area contributed by atoms with Gasteiger partial charge in [-0.05, 0) is 31.0 Å². The number of hydrogen-bond acceptors (Lipinski definition) is 4. The second-order valence-corrected chi connectivity index (χ2v) is 6.17. The zero-order valence-electron chi connectivity index (χ0n) is 12.3. The van der Waals surface area contributed by atoms with Crippen molar-refractivity contribution in [2.75, 3.05) is 19.7 Å². The Hall–Kier alpha value is -1.96. The molecule has 0 radical (unpaired) electrons. The summed E-state index contributed by atoms with van der Waals surface area (Å²) in [7, 11) is 0. The van der Waals surface area contributed by atoms with E-state index in [0.717, 1.165) is 6.07 Å². The lowest BCUT2D eigenvalue weighted by atomic mass is 9.96. The van der Waals surface area contributed by atoms with Gasteiger partial charge in [0.25, 0.3) is 5.91 Å². The van der Waals surface area contributed by atoms with E-state index in [2.05, 4.69) is 15.9 Å². The van der Waals surface area contributed by atoms with Crippen LogP contribution in [0.15, 0.2) is 22.7 Å². The molecule has 6 nitrogen and oxygen atoms in total. The molecule has 1 heterocycles. The molecule has 1 aromatic rings. The fourth-order valence-electron chi connectivity index (χ4n) is 2.36. The van der Waals surface area contributed by atoms with E-state index in [4.69, 9.17) is 10.5 Å². The van der Waals surface area contributed by atoms with Crippen LogP contribution in [-0.2, 0) is 14.3 Å². The number of halogens is 2. The van der Waals surface area contributed by atoms with Crippen molar-refractivity contribution < 1.29 is 23.5 Å². The van der Waals surface area contributed by atoms with E-state index in [1.54, 1.807) is 0 Å². The number of nitrogens with zero attached hydrogens (tertiary/aromatic N) is 1. The second kappa shape index (κ2) is 7.54. The van der Waals surface area contributed by atoms with Crippen LogP contribution in [0.5, 0.6) is 0 Å². The molecule has 1 aliphatic rings. The topological polar surface area (TPSA) is 89.7 Å². The van der Waals surface area contributed by atoms with Crippen LogP contribution in [0, 0.1) is 11.7 Å². The predicted molar refractivity (Wildman–Crippen MR) is 82.9 cm³/mol. The number of hydrogen-bond donors (Lipinski definition) is 1. The Kier molecular flexibility index (Phi) is 5.70. The van der Waals surface area contributed by atoms with Crippen LogP contribution in [0.2, 0.25) is 0 Å². The molecule has 0 spiro atoms. The van der Waals surface area contributed by atoms with Crippen molar-refractivity contribution in [3.05, 3.63) is 34.1 Å². The Labute approximate surface area is 140 Å². The first kappa shape index (κ1) is 17.4. The summed E-state index contributed by atoms with van der Waals surface area (Å²) in [4.78, 5) is 36.4. The SMILES string of the molecule is NC(=O)C1CCN(C(=O)COC(=O)c2ccc(Br)cc2F)CC1. The standard InChI is InChI=1S/C15H16BrFN2O4/c16-10-1-2-11(12(17)7-10)15(22)23-8-13(20)19-5-3-9(4-6-19)14(18)21/h1-2,7,9H,3-6,8H2,(H2,18,21). The van der Waals surface area contributed by atoms with Crippen LogP contribution in [0.25, 0.3) is 0 Å². The summed E-state index contributed by atoms with van der Waals surface area (Å²) >= 11 is 3.09. The largest absolute Gasteiger partial charge is 0.452 e. The highest BCUT2D eigenvalue weighted by atomic mass is 79.9. The molecule has 1 aromatic carbocycles. The van der Waals surface area contributed by atoms with E-state index in [9.17, 15) is 18.8 Å². The molecule has 0 aliphatic carbocycles. The molecule has 0 unspecified atom stereocenters. The quantitative estimate of drug-likeness (QED) is 0.793. The molecule has 124 valence electrons. The van der Waals surface area contributed by atoms with Crippen molar-refractivity contribution >= 4 is 33.7 Å². The van der Waals surface area contributed by atoms with Crippen molar-refractivity contribution in [3.63, 3.8) is 0 Å². The maximum Gasteiger partial charge on any atom is 0.341 e. The van der Waals surface area contributed by atoms with Gasteiger partial charge in [0.15, 0.2) is 6.61 Å². The van der Waals surface area contributed by atoms with Gasteiger partial charge in [0.05, 0.1) is 5.56 Å². The van der Waals surface area contributed by atoms with E-state index in [0.29, 0.717) is 30.4 Å². The van der Waals surface area contributed by atoms with Crippen molar-refractivity contribution in [2.45, 2.75) is 12.8 Å². The minimum Gasteiger partial charge on any atom is -0.452 e. The van der Waals surface area contributed by atoms with Crippen LogP contribution in [-0.4, -0.2) is 42.4 Å². The summed E-state index contributed by atoms with van der Waals surface area (Å²) in [6.07, 6.45) is 0.993. The first-order valence-electron chi connectivity index (χ1n) is 7.07. The van der Waals surface area contributed by atoms with Crippen molar-refractivity contribution in [1.29, 1.82) is 0 Å². The highest BCUT2D eigenvalue weighted by Crippen LogP contribution is 2.18. The molecule has 0 saturated carbocycles. The first-order chi connectivity index (χ1) is 10.9. The molecule has 0 aromatic heterocycles. The molecule has 2 rings (SSSR count). The highest BCUT2D eigenvalue weighted by molar-refractivity contribution is 9.10. The molecule has 1 aliphatic heterocycles. The molecular formula is C15H16BrFN2O4. The zero-order valence-corrected chi connectivity index (χ0v) is 13.8. The number of carbonyl (C=O) groups excluding carboxylic acids is 3. The third kappa shape index (κ3) is 4.51. The predicted octanol–water partition coefficient (Wildman–Crippen LogP) is 1.47. The van der Waals surface area contributed by atoms with Crippen molar-refractivity contribution in [3.8, 4) is 0 Å². The summed E-state index contributed by atoms with van der Waals surface area (Å²) < 4.78 is 19.0. The number of carbonyl (C=O) groups is 3. The molecule has 1 fully saturated rings. The number of piperidine rings is 1. The third-order valence-corrected chi connectivity index (χ3v) is 4.22. The molecule has 0 atom stereocenters. The highest BCUT2D eigenvalue weighted by Gasteiger charge is 2.26. The molecule has 2 amide bonds. The molecule has 1 saturated heterocycles. The van der Waals surface area contributed by atoms with E-state index in [-0.39, 0.29) is 23.3 Å². The van der Waals surface area contributed by atoms with Crippen molar-refractivity contribution in [2.24, 2.45) is 11.7 Å². The maximum absolute atomic E-state index is 13.6. The number of ether oxygens (including phenoxy) is 1. The fraction of sp³-hybridized carbons (Fsp3) is 0.400. The minimum atomic E-state index is -0.893. The minimum absolute atomic E-state index is 0.224. The van der Waals surface area contributed by atoms with Gasteiger partial charge in [0, 0.05) is 23.5 Å². The van der Waals surface area contributed by atoms with Gasteiger partial charge in [-0.2, -0.15) is 0 Å². The van der Waals surface area contributed by atoms with Gasteiger partial charge in [-0.15, -0.1) is 0 Å². The smallest absolute Gasteiger partial charge is 0.341 e. The number of nitrogens with two attached hydrogens (primary N) is 1. The number of amides is 2. The molecule has 23 heavy (non-hydrogen) atoms. The Morgan fingerprint density at radius 1 is 1.30 bits per heavy atom. The van der Waals surface area contributed by atoms with Crippen LogP contribution in [0.3, 0.4) is 0 Å². The van der Waals surface area contributed by atoms with Crippen molar-refractivity contribution in [1.82, 2.24) is 4.90 Å². The van der Waals surface area contributed by atoms with Gasteiger partial charge in [-0.25, -0.2) is 9.18 Å². The first-order valence-corrected chi connectivity index (χ1v) is 7.87. The molecular weight excluding hydrogens is 371 g/mol. The number of primary amides is 1. The van der Waals surface area contributed by atoms with Crippen LogP contribution in [0.4, 0.5) is 4.39 Å². The zero-order chi connectivity index (χ0) is 17.0. The normalized spacial score (nSPS) is 15.3. The van der Waals surface area contributed by atoms with Gasteiger partial charge in [0.2, 0.25) is 5.91 Å². The van der Waals surface area contributed by atoms with Gasteiger partial charge in [-0.3, -0.25) is 9.59 Å². The van der Waals surface area contributed by atoms with Gasteiger partial charge in [-0.1, -0.05) is 15.9 Å². The third-order valence-electron chi connectivity index (χ3n) is 3.73. The van der Waals surface area contributed by atoms with Crippen LogP contribution < -0.4 is 5.73 Å². The maximum atomic E-state index is 13.6.